The maximum Gasteiger partial charge on any atom is 0.0349 e. The van der Waals surface area contributed by atoms with Gasteiger partial charge in [0.1, 0.15) is 0 Å². The van der Waals surface area contributed by atoms with Crippen LogP contribution in [0.5, 0.6) is 0 Å². The number of benzene rings is 10. The largest absolute Gasteiger partial charge is 0.135 e. The molecule has 0 saturated heterocycles. The maximum absolute atomic E-state index is 2.44. The Morgan fingerprint density at radius 3 is 1.29 bits per heavy atom. The van der Waals surface area contributed by atoms with Gasteiger partial charge in [0.25, 0.3) is 0 Å². The van der Waals surface area contributed by atoms with Crippen molar-refractivity contribution in [3.05, 3.63) is 254 Å². The summed E-state index contributed by atoms with van der Waals surface area (Å²) in [4.78, 5) is 5.07. The van der Waals surface area contributed by atoms with Crippen molar-refractivity contribution in [3.8, 4) is 75.1 Å². The molecule has 66 heavy (non-hydrogen) atoms. The second kappa shape index (κ2) is 17.3. The third-order valence-corrected chi connectivity index (χ3v) is 15.1. The quantitative estimate of drug-likeness (QED) is 0.100. The van der Waals surface area contributed by atoms with Gasteiger partial charge in [-0.05, 0) is 154 Å². The van der Waals surface area contributed by atoms with E-state index in [1.54, 1.807) is 0 Å². The fourth-order valence-corrected chi connectivity index (χ4v) is 11.5. The minimum Gasteiger partial charge on any atom is -0.135 e. The van der Waals surface area contributed by atoms with Crippen molar-refractivity contribution in [1.82, 2.24) is 0 Å². The molecule has 0 spiro atoms. The molecular formula is C64H42S2. The molecule has 0 amide bonds. The van der Waals surface area contributed by atoms with Gasteiger partial charge in [0.2, 0.25) is 0 Å². The summed E-state index contributed by atoms with van der Waals surface area (Å²) >= 11 is 3.70. The summed E-state index contributed by atoms with van der Waals surface area (Å²) in [5, 5.41) is 7.47. The van der Waals surface area contributed by atoms with Crippen molar-refractivity contribution in [2.45, 2.75) is 0 Å². The van der Waals surface area contributed by atoms with Crippen LogP contribution in [-0.2, 0) is 0 Å². The Hall–Kier alpha value is -7.88. The first-order chi connectivity index (χ1) is 32.7. The lowest BCUT2D eigenvalue weighted by molar-refractivity contribution is 1.61. The molecular weight excluding hydrogens is 833 g/mol. The highest BCUT2D eigenvalue weighted by Gasteiger charge is 2.19. The predicted molar refractivity (Wildman–Crippen MR) is 288 cm³/mol. The second-order valence-corrected chi connectivity index (χ2v) is 19.0. The van der Waals surface area contributed by atoms with Crippen molar-refractivity contribution in [1.29, 1.82) is 0 Å². The molecule has 0 saturated carbocycles. The topological polar surface area (TPSA) is 0 Å². The standard InChI is InChI=1S/C64H42S2/c1-3-16-46(17-4-1)59-34-36-61(65-59)51-22-12-24-53(40-51)63-55-26-9-10-27-56(55)64(54-25-13-23-52(41-54)62-37-35-60(66-62)47-18-5-2-6-19-47)58-42-50(32-33-57(58)63)49-21-11-14-43(38-49)28-29-44-30-31-45-15-7-8-20-48(45)39-44/h1-42H/b29-28+. The second-order valence-electron chi connectivity index (χ2n) is 16.8. The number of rotatable bonds is 9. The maximum atomic E-state index is 2.44. The van der Waals surface area contributed by atoms with Gasteiger partial charge >= 0.3 is 0 Å². The molecule has 2 aromatic heterocycles. The van der Waals surface area contributed by atoms with Gasteiger partial charge < -0.3 is 0 Å². The minimum absolute atomic E-state index is 1.17. The van der Waals surface area contributed by atoms with E-state index in [-0.39, 0.29) is 0 Å². The highest BCUT2D eigenvalue weighted by atomic mass is 32.1. The average molecular weight is 875 g/mol. The summed E-state index contributed by atoms with van der Waals surface area (Å²) in [6, 6.07) is 89.0. The molecule has 12 aromatic rings. The zero-order chi connectivity index (χ0) is 43.8. The minimum atomic E-state index is 1.17. The van der Waals surface area contributed by atoms with Crippen LogP contribution in [0.2, 0.25) is 0 Å². The molecule has 2 heteroatoms. The fourth-order valence-electron chi connectivity index (χ4n) is 9.46. The molecule has 0 N–H and O–H groups in total. The van der Waals surface area contributed by atoms with Crippen molar-refractivity contribution in [3.63, 3.8) is 0 Å². The first-order valence-electron chi connectivity index (χ1n) is 22.5. The predicted octanol–water partition coefficient (Wildman–Crippen LogP) is 19.1. The molecule has 0 radical (unpaired) electrons. The van der Waals surface area contributed by atoms with E-state index in [1.165, 1.54) is 119 Å². The monoisotopic (exact) mass is 874 g/mol. The molecule has 0 unspecified atom stereocenters. The Balaban J connectivity index is 1.01. The molecule has 0 atom stereocenters. The summed E-state index contributed by atoms with van der Waals surface area (Å²) in [6.45, 7) is 0. The van der Waals surface area contributed by atoms with E-state index in [0.717, 1.165) is 0 Å². The molecule has 0 nitrogen and oxygen atoms in total. The molecule has 12 rings (SSSR count). The lowest BCUT2D eigenvalue weighted by atomic mass is 9.84. The van der Waals surface area contributed by atoms with Gasteiger partial charge in [0.15, 0.2) is 0 Å². The van der Waals surface area contributed by atoms with Crippen LogP contribution in [0.25, 0.3) is 120 Å². The molecule has 0 aliphatic carbocycles. The van der Waals surface area contributed by atoms with Crippen LogP contribution in [0.15, 0.2) is 243 Å². The molecule has 310 valence electrons. The van der Waals surface area contributed by atoms with Crippen LogP contribution in [0.4, 0.5) is 0 Å². The number of thiophene rings is 2. The fraction of sp³-hybridized carbons (Fsp3) is 0. The van der Waals surface area contributed by atoms with E-state index in [0.29, 0.717) is 0 Å². The van der Waals surface area contributed by atoms with Crippen molar-refractivity contribution >= 4 is 67.1 Å². The molecule has 2 heterocycles. The molecule has 10 aromatic carbocycles. The van der Waals surface area contributed by atoms with E-state index >= 15 is 0 Å². The van der Waals surface area contributed by atoms with Gasteiger partial charge in [-0.25, -0.2) is 0 Å². The Kier molecular flexibility index (Phi) is 10.4. The third kappa shape index (κ3) is 7.67. The highest BCUT2D eigenvalue weighted by Crippen LogP contribution is 2.47. The zero-order valence-corrected chi connectivity index (χ0v) is 37.7. The smallest absolute Gasteiger partial charge is 0.0349 e. The third-order valence-electron chi connectivity index (χ3n) is 12.7. The van der Waals surface area contributed by atoms with E-state index in [1.807, 2.05) is 22.7 Å². The Morgan fingerprint density at radius 1 is 0.227 bits per heavy atom. The summed E-state index contributed by atoms with van der Waals surface area (Å²) in [5.74, 6) is 0. The lowest BCUT2D eigenvalue weighted by Gasteiger charge is -2.19. The molecule has 0 bridgehead atoms. The van der Waals surface area contributed by atoms with Gasteiger partial charge in [-0.3, -0.25) is 0 Å². The Bertz CT molecular complexity index is 3750. The van der Waals surface area contributed by atoms with Crippen LogP contribution in [0.3, 0.4) is 0 Å². The van der Waals surface area contributed by atoms with Crippen LogP contribution < -0.4 is 0 Å². The van der Waals surface area contributed by atoms with E-state index in [2.05, 4.69) is 255 Å². The zero-order valence-electron chi connectivity index (χ0n) is 36.1. The van der Waals surface area contributed by atoms with Gasteiger partial charge in [-0.15, -0.1) is 22.7 Å². The van der Waals surface area contributed by atoms with E-state index in [9.17, 15) is 0 Å². The van der Waals surface area contributed by atoms with Gasteiger partial charge in [-0.1, -0.05) is 200 Å². The van der Waals surface area contributed by atoms with Gasteiger partial charge in [-0.2, -0.15) is 0 Å². The number of hydrogen-bond donors (Lipinski definition) is 0. The SMILES string of the molecule is C(=C\c1ccc2ccccc2c1)/c1cccc(-c2ccc3c(-c4cccc(-c5ccc(-c6ccccc6)s5)c4)c4ccccc4c(-c4cccc(-c5ccc(-c6ccccc6)s5)c4)c3c2)c1. The normalized spacial score (nSPS) is 11.6. The average Bonchev–Trinajstić information content (AvgIpc) is 4.10. The first kappa shape index (κ1) is 39.7. The molecule has 0 aliphatic rings. The van der Waals surface area contributed by atoms with Crippen LogP contribution in [-0.4, -0.2) is 0 Å². The van der Waals surface area contributed by atoms with Crippen molar-refractivity contribution < 1.29 is 0 Å². The van der Waals surface area contributed by atoms with Gasteiger partial charge in [0.05, 0.1) is 0 Å². The summed E-state index contributed by atoms with van der Waals surface area (Å²) in [6.07, 6.45) is 4.45. The van der Waals surface area contributed by atoms with Crippen LogP contribution in [0.1, 0.15) is 11.1 Å². The van der Waals surface area contributed by atoms with E-state index < -0.39 is 0 Å². The Morgan fingerprint density at radius 2 is 0.667 bits per heavy atom. The first-order valence-corrected chi connectivity index (χ1v) is 24.1. The summed E-state index contributed by atoms with van der Waals surface area (Å²) in [5.41, 5.74) is 14.6. The summed E-state index contributed by atoms with van der Waals surface area (Å²) < 4.78 is 0. The Labute approximate surface area is 393 Å². The number of hydrogen-bond acceptors (Lipinski definition) is 2. The molecule has 0 fully saturated rings. The van der Waals surface area contributed by atoms with Gasteiger partial charge in [0, 0.05) is 19.5 Å². The van der Waals surface area contributed by atoms with Crippen molar-refractivity contribution in [2.75, 3.05) is 0 Å². The number of fused-ring (bicyclic) bond motifs is 3. The van der Waals surface area contributed by atoms with E-state index in [4.69, 9.17) is 0 Å². The lowest BCUT2D eigenvalue weighted by Crippen LogP contribution is -1.92. The van der Waals surface area contributed by atoms with Crippen LogP contribution >= 0.6 is 22.7 Å². The molecule has 0 aliphatic heterocycles. The van der Waals surface area contributed by atoms with Crippen molar-refractivity contribution in [2.24, 2.45) is 0 Å². The highest BCUT2D eigenvalue weighted by molar-refractivity contribution is 7.19. The van der Waals surface area contributed by atoms with Crippen LogP contribution in [0, 0.1) is 0 Å². The summed E-state index contributed by atoms with van der Waals surface area (Å²) in [7, 11) is 0.